The summed E-state index contributed by atoms with van der Waals surface area (Å²) in [6.45, 7) is 10.6. The molecule has 0 aliphatic carbocycles. The number of aryl methyl sites for hydroxylation is 1. The lowest BCUT2D eigenvalue weighted by Gasteiger charge is -2.25. The molecule has 2 aromatic rings. The summed E-state index contributed by atoms with van der Waals surface area (Å²) in [6, 6.07) is 12.8. The van der Waals surface area contributed by atoms with Crippen LogP contribution in [-0.2, 0) is 17.9 Å². The summed E-state index contributed by atoms with van der Waals surface area (Å²) in [5.41, 5.74) is 3.77. The summed E-state index contributed by atoms with van der Waals surface area (Å²) in [5, 5.41) is 0. The Kier molecular flexibility index (Phi) is 6.65. The first-order valence-electron chi connectivity index (χ1n) is 8.99. The average Bonchev–Trinajstić information content (AvgIpc) is 2.97. The molecule has 24 heavy (non-hydrogen) atoms. The third kappa shape index (κ3) is 4.98. The Labute approximate surface area is 146 Å². The van der Waals surface area contributed by atoms with E-state index in [4.69, 9.17) is 0 Å². The van der Waals surface area contributed by atoms with Gasteiger partial charge in [-0.25, -0.2) is 0 Å². The van der Waals surface area contributed by atoms with Gasteiger partial charge in [0.05, 0.1) is 6.54 Å². The molecule has 0 radical (unpaired) electrons. The standard InChI is InChI=1S/C21H30N2O/c1-5-6-12-23(21(24)17(2)3)16-20-11-8-13-22(20)15-19-10-7-9-18(4)14-19/h7-11,13-14,17H,5-6,12,15-16H2,1-4H3. The molecular weight excluding hydrogens is 296 g/mol. The maximum absolute atomic E-state index is 12.5. The van der Waals surface area contributed by atoms with Crippen LogP contribution >= 0.6 is 0 Å². The van der Waals surface area contributed by atoms with E-state index in [1.165, 1.54) is 16.8 Å². The van der Waals surface area contributed by atoms with Gasteiger partial charge in [0.15, 0.2) is 0 Å². The summed E-state index contributed by atoms with van der Waals surface area (Å²) >= 11 is 0. The molecule has 130 valence electrons. The van der Waals surface area contributed by atoms with Crippen molar-refractivity contribution in [3.8, 4) is 0 Å². The number of benzene rings is 1. The summed E-state index contributed by atoms with van der Waals surface area (Å²) in [5.74, 6) is 0.286. The van der Waals surface area contributed by atoms with Crippen molar-refractivity contribution in [2.45, 2.75) is 53.6 Å². The van der Waals surface area contributed by atoms with Crippen LogP contribution in [-0.4, -0.2) is 21.9 Å². The van der Waals surface area contributed by atoms with Gasteiger partial charge in [0.2, 0.25) is 5.91 Å². The fourth-order valence-corrected chi connectivity index (χ4v) is 2.93. The Hall–Kier alpha value is -2.03. The Morgan fingerprint density at radius 1 is 1.21 bits per heavy atom. The van der Waals surface area contributed by atoms with E-state index in [0.717, 1.165) is 25.9 Å². The molecule has 1 heterocycles. The topological polar surface area (TPSA) is 25.2 Å². The third-order valence-corrected chi connectivity index (χ3v) is 4.30. The number of nitrogens with zero attached hydrogens (tertiary/aromatic N) is 2. The molecular formula is C21H30N2O. The molecule has 0 saturated heterocycles. The van der Waals surface area contributed by atoms with Crippen LogP contribution in [0.3, 0.4) is 0 Å². The van der Waals surface area contributed by atoms with Crippen LogP contribution in [0.25, 0.3) is 0 Å². The van der Waals surface area contributed by atoms with Crippen LogP contribution < -0.4 is 0 Å². The van der Waals surface area contributed by atoms with E-state index in [9.17, 15) is 4.79 Å². The zero-order chi connectivity index (χ0) is 17.5. The molecule has 2 rings (SSSR count). The molecule has 0 atom stereocenters. The average molecular weight is 326 g/mol. The van der Waals surface area contributed by atoms with Gasteiger partial charge >= 0.3 is 0 Å². The summed E-state index contributed by atoms with van der Waals surface area (Å²) in [6.07, 6.45) is 4.26. The number of carbonyl (C=O) groups excluding carboxylic acids is 1. The minimum atomic E-state index is 0.0436. The van der Waals surface area contributed by atoms with E-state index in [1.54, 1.807) is 0 Å². The van der Waals surface area contributed by atoms with Gasteiger partial charge in [-0.3, -0.25) is 4.79 Å². The molecule has 0 bridgehead atoms. The van der Waals surface area contributed by atoms with Crippen molar-refractivity contribution in [1.29, 1.82) is 0 Å². The lowest BCUT2D eigenvalue weighted by Crippen LogP contribution is -2.35. The van der Waals surface area contributed by atoms with Gasteiger partial charge in [-0.15, -0.1) is 0 Å². The summed E-state index contributed by atoms with van der Waals surface area (Å²) in [4.78, 5) is 14.5. The summed E-state index contributed by atoms with van der Waals surface area (Å²) in [7, 11) is 0. The predicted molar refractivity (Wildman–Crippen MR) is 99.9 cm³/mol. The third-order valence-electron chi connectivity index (χ3n) is 4.30. The number of hydrogen-bond donors (Lipinski definition) is 0. The Balaban J connectivity index is 2.13. The van der Waals surface area contributed by atoms with E-state index in [1.807, 2.05) is 18.7 Å². The molecule has 0 unspecified atom stereocenters. The highest BCUT2D eigenvalue weighted by Gasteiger charge is 2.18. The molecule has 0 aliphatic heterocycles. The number of carbonyl (C=O) groups is 1. The van der Waals surface area contributed by atoms with Crippen LogP contribution in [0.2, 0.25) is 0 Å². The van der Waals surface area contributed by atoms with E-state index in [-0.39, 0.29) is 11.8 Å². The molecule has 1 amide bonds. The second-order valence-electron chi connectivity index (χ2n) is 6.88. The lowest BCUT2D eigenvalue weighted by molar-refractivity contribution is -0.135. The highest BCUT2D eigenvalue weighted by atomic mass is 16.2. The van der Waals surface area contributed by atoms with Crippen molar-refractivity contribution in [2.24, 2.45) is 5.92 Å². The zero-order valence-corrected chi connectivity index (χ0v) is 15.5. The van der Waals surface area contributed by atoms with Crippen LogP contribution in [0.4, 0.5) is 0 Å². The van der Waals surface area contributed by atoms with Crippen molar-refractivity contribution in [3.05, 3.63) is 59.4 Å². The van der Waals surface area contributed by atoms with Gasteiger partial charge in [-0.05, 0) is 31.0 Å². The van der Waals surface area contributed by atoms with E-state index in [0.29, 0.717) is 6.54 Å². The smallest absolute Gasteiger partial charge is 0.225 e. The minimum Gasteiger partial charge on any atom is -0.345 e. The van der Waals surface area contributed by atoms with Crippen molar-refractivity contribution >= 4 is 5.91 Å². The predicted octanol–water partition coefficient (Wildman–Crippen LogP) is 4.63. The van der Waals surface area contributed by atoms with E-state index >= 15 is 0 Å². The molecule has 0 N–H and O–H groups in total. The number of unbranched alkanes of at least 4 members (excludes halogenated alkanes) is 1. The molecule has 3 heteroatoms. The van der Waals surface area contributed by atoms with Crippen LogP contribution in [0.15, 0.2) is 42.6 Å². The molecule has 3 nitrogen and oxygen atoms in total. The fraction of sp³-hybridized carbons (Fsp3) is 0.476. The number of rotatable bonds is 8. The minimum absolute atomic E-state index is 0.0436. The van der Waals surface area contributed by atoms with E-state index in [2.05, 4.69) is 61.0 Å². The first-order chi connectivity index (χ1) is 11.5. The first-order valence-corrected chi connectivity index (χ1v) is 8.99. The molecule has 0 fully saturated rings. The van der Waals surface area contributed by atoms with Crippen LogP contribution in [0.5, 0.6) is 0 Å². The summed E-state index contributed by atoms with van der Waals surface area (Å²) < 4.78 is 2.25. The zero-order valence-electron chi connectivity index (χ0n) is 15.5. The van der Waals surface area contributed by atoms with Gasteiger partial charge in [0, 0.05) is 30.9 Å². The van der Waals surface area contributed by atoms with E-state index < -0.39 is 0 Å². The highest BCUT2D eigenvalue weighted by molar-refractivity contribution is 5.78. The number of amides is 1. The second kappa shape index (κ2) is 8.72. The first kappa shape index (κ1) is 18.3. The van der Waals surface area contributed by atoms with Gasteiger partial charge < -0.3 is 9.47 Å². The fourth-order valence-electron chi connectivity index (χ4n) is 2.93. The Bertz CT molecular complexity index is 657. The molecule has 1 aromatic carbocycles. The second-order valence-corrected chi connectivity index (χ2v) is 6.88. The SMILES string of the molecule is CCCCN(Cc1cccn1Cc1cccc(C)c1)C(=O)C(C)C. The normalized spacial score (nSPS) is 11.0. The highest BCUT2D eigenvalue weighted by Crippen LogP contribution is 2.14. The van der Waals surface area contributed by atoms with Crippen molar-refractivity contribution in [1.82, 2.24) is 9.47 Å². The largest absolute Gasteiger partial charge is 0.345 e. The van der Waals surface area contributed by atoms with Gasteiger partial charge in [0.25, 0.3) is 0 Å². The lowest BCUT2D eigenvalue weighted by atomic mass is 10.1. The van der Waals surface area contributed by atoms with Gasteiger partial charge in [0.1, 0.15) is 0 Å². The van der Waals surface area contributed by atoms with Crippen LogP contribution in [0.1, 0.15) is 50.4 Å². The maximum Gasteiger partial charge on any atom is 0.225 e. The monoisotopic (exact) mass is 326 g/mol. The molecule has 0 saturated carbocycles. The van der Waals surface area contributed by atoms with Crippen LogP contribution in [0, 0.1) is 12.8 Å². The quantitative estimate of drug-likeness (QED) is 0.694. The van der Waals surface area contributed by atoms with Crippen molar-refractivity contribution < 1.29 is 4.79 Å². The van der Waals surface area contributed by atoms with Crippen molar-refractivity contribution in [2.75, 3.05) is 6.54 Å². The molecule has 0 aliphatic rings. The molecule has 1 aromatic heterocycles. The van der Waals surface area contributed by atoms with Crippen molar-refractivity contribution in [3.63, 3.8) is 0 Å². The van der Waals surface area contributed by atoms with Gasteiger partial charge in [-0.1, -0.05) is 57.0 Å². The van der Waals surface area contributed by atoms with Gasteiger partial charge in [-0.2, -0.15) is 0 Å². The Morgan fingerprint density at radius 2 is 2.00 bits per heavy atom. The number of hydrogen-bond acceptors (Lipinski definition) is 1. The maximum atomic E-state index is 12.5. The Morgan fingerprint density at radius 3 is 2.67 bits per heavy atom. The number of aromatic nitrogens is 1. The molecule has 0 spiro atoms.